The van der Waals surface area contributed by atoms with Gasteiger partial charge < -0.3 is 19.7 Å². The van der Waals surface area contributed by atoms with Crippen LogP contribution in [0.3, 0.4) is 0 Å². The molecule has 0 amide bonds. The van der Waals surface area contributed by atoms with Crippen molar-refractivity contribution in [2.45, 2.75) is 31.6 Å². The maximum absolute atomic E-state index is 9.22. The normalized spacial score (nSPS) is 24.9. The second kappa shape index (κ2) is 11.6. The zero-order valence-electron chi connectivity index (χ0n) is 26.9. The summed E-state index contributed by atoms with van der Waals surface area (Å²) < 4.78 is 11.3. The van der Waals surface area contributed by atoms with E-state index in [9.17, 15) is 10.2 Å². The van der Waals surface area contributed by atoms with Gasteiger partial charge >= 0.3 is 0 Å². The van der Waals surface area contributed by atoms with Crippen molar-refractivity contribution in [3.63, 3.8) is 0 Å². The fourth-order valence-corrected chi connectivity index (χ4v) is 8.90. The summed E-state index contributed by atoms with van der Waals surface area (Å²) in [6, 6.07) is 32.7. The van der Waals surface area contributed by atoms with Gasteiger partial charge in [0.25, 0.3) is 0 Å². The minimum atomic E-state index is -0.381. The number of hydrogen-bond donors (Lipinski definition) is 2. The summed E-state index contributed by atoms with van der Waals surface area (Å²) in [5, 5.41) is 18.4. The van der Waals surface area contributed by atoms with Crippen molar-refractivity contribution in [2.24, 2.45) is 11.3 Å². The Morgan fingerprint density at radius 3 is 2.15 bits per heavy atom. The third-order valence-corrected chi connectivity index (χ3v) is 10.9. The number of fused-ring (bicyclic) bond motifs is 9. The molecule has 4 unspecified atom stereocenters. The molecule has 4 heteroatoms. The average Bonchev–Trinajstić information content (AvgIpc) is 3.54. The first-order valence-electron chi connectivity index (χ1n) is 16.7. The Balaban J connectivity index is 1.31. The van der Waals surface area contributed by atoms with Gasteiger partial charge in [0, 0.05) is 11.3 Å². The molecule has 8 rings (SSSR count). The molecule has 236 valence electrons. The maximum atomic E-state index is 9.22. The molecule has 4 atom stereocenters. The van der Waals surface area contributed by atoms with Crippen molar-refractivity contribution < 1.29 is 19.7 Å². The van der Waals surface area contributed by atoms with Crippen LogP contribution in [0.2, 0.25) is 0 Å². The van der Waals surface area contributed by atoms with Crippen LogP contribution in [0.15, 0.2) is 138 Å². The Hall–Kier alpha value is -4.64. The standard InChI is InChI=1S/C43H40O4/c1-28-34(30-12-17-33(18-13-30)47-26-24-45)20-21-38-41(28)43(40-9-5-6-22-42(38,40)2)37-8-4-3-7-35(37)36-19-14-31(27-39(36)43)29-10-15-32(16-11-29)46-25-23-44/h3-21,27-28,34,44-45H,22-26H2,1-2H3. The molecule has 0 saturated carbocycles. The zero-order chi connectivity index (χ0) is 32.2. The summed E-state index contributed by atoms with van der Waals surface area (Å²) in [5.41, 5.74) is 12.9. The van der Waals surface area contributed by atoms with E-state index in [2.05, 4.69) is 111 Å². The Morgan fingerprint density at radius 1 is 0.766 bits per heavy atom. The highest BCUT2D eigenvalue weighted by Crippen LogP contribution is 2.71. The summed E-state index contributed by atoms with van der Waals surface area (Å²) in [5.74, 6) is 1.99. The molecule has 1 spiro atoms. The van der Waals surface area contributed by atoms with Crippen LogP contribution in [-0.4, -0.2) is 36.6 Å². The first-order chi connectivity index (χ1) is 23.0. The van der Waals surface area contributed by atoms with Crippen molar-refractivity contribution in [1.82, 2.24) is 0 Å². The highest BCUT2D eigenvalue weighted by atomic mass is 16.5. The van der Waals surface area contributed by atoms with Crippen LogP contribution >= 0.6 is 0 Å². The molecule has 0 fully saturated rings. The Morgan fingerprint density at radius 2 is 1.43 bits per heavy atom. The third-order valence-electron chi connectivity index (χ3n) is 10.9. The fraction of sp³-hybridized carbons (Fsp3) is 0.256. The molecule has 2 N–H and O–H groups in total. The summed E-state index contributed by atoms with van der Waals surface area (Å²) in [7, 11) is 0. The van der Waals surface area contributed by atoms with Crippen LogP contribution < -0.4 is 9.47 Å². The predicted octanol–water partition coefficient (Wildman–Crippen LogP) is 8.55. The lowest BCUT2D eigenvalue weighted by Crippen LogP contribution is -2.34. The molecular weight excluding hydrogens is 580 g/mol. The zero-order valence-corrected chi connectivity index (χ0v) is 26.9. The van der Waals surface area contributed by atoms with Crippen LogP contribution in [0.5, 0.6) is 11.5 Å². The van der Waals surface area contributed by atoms with Crippen molar-refractivity contribution in [3.8, 4) is 33.8 Å². The van der Waals surface area contributed by atoms with Crippen LogP contribution in [0, 0.1) is 11.3 Å². The fourth-order valence-electron chi connectivity index (χ4n) is 8.90. The third kappa shape index (κ3) is 4.42. The lowest BCUT2D eigenvalue weighted by Gasteiger charge is -2.40. The number of rotatable bonds is 8. The molecule has 4 nitrogen and oxygen atoms in total. The number of aliphatic hydroxyl groups is 2. The van der Waals surface area contributed by atoms with Crippen LogP contribution in [0.25, 0.3) is 22.3 Å². The predicted molar refractivity (Wildman–Crippen MR) is 188 cm³/mol. The first-order valence-corrected chi connectivity index (χ1v) is 16.7. The molecule has 4 aliphatic rings. The highest BCUT2D eigenvalue weighted by Gasteiger charge is 2.61. The molecule has 0 bridgehead atoms. The number of ether oxygens (including phenoxy) is 2. The smallest absolute Gasteiger partial charge is 0.119 e. The molecule has 0 aromatic heterocycles. The average molecular weight is 621 g/mol. The topological polar surface area (TPSA) is 58.9 Å². The number of allylic oxidation sites excluding steroid dienone is 8. The number of benzene rings is 4. The maximum Gasteiger partial charge on any atom is 0.119 e. The van der Waals surface area contributed by atoms with Gasteiger partial charge in [-0.1, -0.05) is 105 Å². The minimum absolute atomic E-state index is 0.00164. The van der Waals surface area contributed by atoms with Crippen molar-refractivity contribution in [2.75, 3.05) is 26.4 Å². The summed E-state index contributed by atoms with van der Waals surface area (Å²) in [4.78, 5) is 0. The van der Waals surface area contributed by atoms with Crippen LogP contribution in [0.4, 0.5) is 0 Å². The van der Waals surface area contributed by atoms with Crippen LogP contribution in [-0.2, 0) is 5.41 Å². The molecule has 4 aromatic carbocycles. The van der Waals surface area contributed by atoms with Crippen molar-refractivity contribution >= 4 is 0 Å². The van der Waals surface area contributed by atoms with Gasteiger partial charge in [-0.2, -0.15) is 0 Å². The molecule has 0 radical (unpaired) electrons. The van der Waals surface area contributed by atoms with E-state index in [1.807, 2.05) is 24.3 Å². The molecule has 4 aromatic rings. The van der Waals surface area contributed by atoms with E-state index in [4.69, 9.17) is 9.47 Å². The van der Waals surface area contributed by atoms with E-state index in [0.29, 0.717) is 6.61 Å². The van der Waals surface area contributed by atoms with Gasteiger partial charge in [-0.3, -0.25) is 0 Å². The van der Waals surface area contributed by atoms with E-state index >= 15 is 0 Å². The van der Waals surface area contributed by atoms with E-state index in [-0.39, 0.29) is 42.5 Å². The minimum Gasteiger partial charge on any atom is -0.491 e. The van der Waals surface area contributed by atoms with Gasteiger partial charge in [0.15, 0.2) is 0 Å². The van der Waals surface area contributed by atoms with E-state index in [1.54, 1.807) is 0 Å². The van der Waals surface area contributed by atoms with Crippen molar-refractivity contribution in [3.05, 3.63) is 155 Å². The van der Waals surface area contributed by atoms with Crippen LogP contribution in [0.1, 0.15) is 42.9 Å². The second-order valence-electron chi connectivity index (χ2n) is 13.3. The molecule has 0 heterocycles. The van der Waals surface area contributed by atoms with E-state index in [0.717, 1.165) is 23.5 Å². The molecular formula is C43H40O4. The monoisotopic (exact) mass is 620 g/mol. The quantitative estimate of drug-likeness (QED) is 0.207. The van der Waals surface area contributed by atoms with Gasteiger partial charge in [-0.15, -0.1) is 0 Å². The highest BCUT2D eigenvalue weighted by molar-refractivity contribution is 5.91. The van der Waals surface area contributed by atoms with Gasteiger partial charge in [-0.25, -0.2) is 0 Å². The molecule has 4 aliphatic carbocycles. The van der Waals surface area contributed by atoms with E-state index < -0.39 is 0 Å². The van der Waals surface area contributed by atoms with Gasteiger partial charge in [0.05, 0.1) is 18.6 Å². The Labute approximate surface area is 277 Å². The molecule has 0 aliphatic heterocycles. The lowest BCUT2D eigenvalue weighted by atomic mass is 9.61. The Kier molecular flexibility index (Phi) is 7.31. The Bertz CT molecular complexity index is 1960. The lowest BCUT2D eigenvalue weighted by molar-refractivity contribution is 0.201. The summed E-state index contributed by atoms with van der Waals surface area (Å²) in [6.07, 6.45) is 12.9. The van der Waals surface area contributed by atoms with Gasteiger partial charge in [-0.05, 0) is 98.3 Å². The van der Waals surface area contributed by atoms with E-state index in [1.165, 1.54) is 50.1 Å². The molecule has 0 saturated heterocycles. The SMILES string of the molecule is CC1C2=C(C=CC1c1ccc(OCCO)cc1)C1(C)CC=CC=C1C21c2ccccc2-c2ccc(-c3ccc(OCCO)cc3)cc21. The first kappa shape index (κ1) is 29.7. The van der Waals surface area contributed by atoms with Crippen molar-refractivity contribution in [1.29, 1.82) is 0 Å². The largest absolute Gasteiger partial charge is 0.491 e. The summed E-state index contributed by atoms with van der Waals surface area (Å²) >= 11 is 0. The number of aliphatic hydroxyl groups excluding tert-OH is 2. The van der Waals surface area contributed by atoms with Gasteiger partial charge in [0.1, 0.15) is 24.7 Å². The number of hydrogen-bond acceptors (Lipinski definition) is 4. The van der Waals surface area contributed by atoms with Gasteiger partial charge in [0.2, 0.25) is 0 Å². The second-order valence-corrected chi connectivity index (χ2v) is 13.3. The molecule has 47 heavy (non-hydrogen) atoms. The summed E-state index contributed by atoms with van der Waals surface area (Å²) in [6.45, 7) is 5.45.